The van der Waals surface area contributed by atoms with Crippen LogP contribution in [0.5, 0.6) is 0 Å². The van der Waals surface area contributed by atoms with Crippen molar-refractivity contribution in [3.05, 3.63) is 59.1 Å². The van der Waals surface area contributed by atoms with Crippen LogP contribution in [0.15, 0.2) is 48.5 Å². The lowest BCUT2D eigenvalue weighted by atomic mass is 10.1. The molecule has 0 spiro atoms. The normalized spacial score (nSPS) is 16.3. The average Bonchev–Trinajstić information content (AvgIpc) is 2.67. The van der Waals surface area contributed by atoms with Crippen molar-refractivity contribution in [1.82, 2.24) is 10.2 Å². The summed E-state index contributed by atoms with van der Waals surface area (Å²) >= 11 is 6.08. The second-order valence-corrected chi connectivity index (χ2v) is 6.92. The minimum absolute atomic E-state index is 0.153. The number of rotatable bonds is 4. The van der Waals surface area contributed by atoms with Gasteiger partial charge in [-0.15, -0.1) is 0 Å². The van der Waals surface area contributed by atoms with E-state index in [0.29, 0.717) is 29.5 Å². The molecule has 1 heterocycles. The zero-order chi connectivity index (χ0) is 20.1. The SMILES string of the molecule is Cc1ccc(NC(=O)CC2C(=O)NCCN2C(=O)Nc2ccccc2)cc1Cl. The van der Waals surface area contributed by atoms with Crippen LogP contribution in [-0.2, 0) is 9.59 Å². The van der Waals surface area contributed by atoms with E-state index < -0.39 is 12.1 Å². The molecule has 0 bridgehead atoms. The minimum atomic E-state index is -0.890. The highest BCUT2D eigenvalue weighted by atomic mass is 35.5. The molecule has 146 valence electrons. The molecule has 2 aromatic carbocycles. The number of nitrogens with zero attached hydrogens (tertiary/aromatic N) is 1. The van der Waals surface area contributed by atoms with Crippen LogP contribution in [0, 0.1) is 6.92 Å². The monoisotopic (exact) mass is 400 g/mol. The van der Waals surface area contributed by atoms with Crippen LogP contribution < -0.4 is 16.0 Å². The molecule has 4 amide bonds. The molecule has 1 atom stereocenters. The van der Waals surface area contributed by atoms with E-state index in [-0.39, 0.29) is 18.2 Å². The van der Waals surface area contributed by atoms with Gasteiger partial charge in [0.2, 0.25) is 11.8 Å². The number of anilines is 2. The first-order valence-electron chi connectivity index (χ1n) is 8.90. The molecule has 2 aromatic rings. The molecule has 3 N–H and O–H groups in total. The van der Waals surface area contributed by atoms with Crippen molar-refractivity contribution in [3.63, 3.8) is 0 Å². The highest BCUT2D eigenvalue weighted by Crippen LogP contribution is 2.21. The van der Waals surface area contributed by atoms with Crippen molar-refractivity contribution >= 4 is 40.8 Å². The summed E-state index contributed by atoms with van der Waals surface area (Å²) in [7, 11) is 0. The number of benzene rings is 2. The Balaban J connectivity index is 1.67. The van der Waals surface area contributed by atoms with Crippen LogP contribution >= 0.6 is 11.6 Å². The lowest BCUT2D eigenvalue weighted by Gasteiger charge is -2.34. The molecule has 1 fully saturated rings. The summed E-state index contributed by atoms with van der Waals surface area (Å²) in [6, 6.07) is 12.8. The van der Waals surface area contributed by atoms with Crippen molar-refractivity contribution < 1.29 is 14.4 Å². The Morgan fingerprint density at radius 2 is 1.89 bits per heavy atom. The summed E-state index contributed by atoms with van der Waals surface area (Å²) in [6.07, 6.45) is -0.153. The number of carbonyl (C=O) groups excluding carboxylic acids is 3. The molecule has 0 radical (unpaired) electrons. The largest absolute Gasteiger partial charge is 0.353 e. The van der Waals surface area contributed by atoms with Gasteiger partial charge in [-0.2, -0.15) is 0 Å². The van der Waals surface area contributed by atoms with E-state index in [1.54, 1.807) is 42.5 Å². The van der Waals surface area contributed by atoms with Gasteiger partial charge >= 0.3 is 6.03 Å². The van der Waals surface area contributed by atoms with Crippen LogP contribution in [0.2, 0.25) is 5.02 Å². The maximum Gasteiger partial charge on any atom is 0.322 e. The molecule has 0 aromatic heterocycles. The summed E-state index contributed by atoms with van der Waals surface area (Å²) in [4.78, 5) is 38.8. The minimum Gasteiger partial charge on any atom is -0.353 e. The van der Waals surface area contributed by atoms with Crippen molar-refractivity contribution in [2.75, 3.05) is 23.7 Å². The Kier molecular flexibility index (Phi) is 6.16. The van der Waals surface area contributed by atoms with Crippen LogP contribution in [0.1, 0.15) is 12.0 Å². The van der Waals surface area contributed by atoms with Crippen molar-refractivity contribution in [1.29, 1.82) is 0 Å². The van der Waals surface area contributed by atoms with E-state index >= 15 is 0 Å². The van der Waals surface area contributed by atoms with Crippen LogP contribution in [0.3, 0.4) is 0 Å². The second kappa shape index (κ2) is 8.75. The summed E-state index contributed by atoms with van der Waals surface area (Å²) in [5.74, 6) is -0.731. The standard InChI is InChI=1S/C20H21ClN4O3/c1-13-7-8-15(11-16(13)21)23-18(26)12-17-19(27)22-9-10-25(17)20(28)24-14-5-3-2-4-6-14/h2-8,11,17H,9-10,12H2,1H3,(H,22,27)(H,23,26)(H,24,28). The highest BCUT2D eigenvalue weighted by molar-refractivity contribution is 6.31. The Morgan fingerprint density at radius 3 is 2.61 bits per heavy atom. The summed E-state index contributed by atoms with van der Waals surface area (Å²) < 4.78 is 0. The van der Waals surface area contributed by atoms with E-state index in [0.717, 1.165) is 5.56 Å². The van der Waals surface area contributed by atoms with Gasteiger partial charge in [-0.3, -0.25) is 9.59 Å². The van der Waals surface area contributed by atoms with Gasteiger partial charge in [-0.25, -0.2) is 4.79 Å². The third kappa shape index (κ3) is 4.80. The summed E-state index contributed by atoms with van der Waals surface area (Å²) in [6.45, 7) is 2.52. The van der Waals surface area contributed by atoms with Crippen LogP contribution in [-0.4, -0.2) is 41.9 Å². The number of urea groups is 1. The van der Waals surface area contributed by atoms with Gasteiger partial charge in [-0.1, -0.05) is 35.9 Å². The quantitative estimate of drug-likeness (QED) is 0.736. The number of aryl methyl sites for hydroxylation is 1. The maximum absolute atomic E-state index is 12.6. The number of nitrogens with one attached hydrogen (secondary N) is 3. The smallest absolute Gasteiger partial charge is 0.322 e. The van der Waals surface area contributed by atoms with E-state index in [2.05, 4.69) is 16.0 Å². The number of carbonyl (C=O) groups is 3. The predicted octanol–water partition coefficient (Wildman–Crippen LogP) is 3.01. The third-order valence-corrected chi connectivity index (χ3v) is 4.86. The number of halogens is 1. The number of piperazine rings is 1. The van der Waals surface area contributed by atoms with Crippen molar-refractivity contribution in [3.8, 4) is 0 Å². The van der Waals surface area contributed by atoms with E-state index in [1.165, 1.54) is 4.90 Å². The van der Waals surface area contributed by atoms with Gasteiger partial charge in [-0.05, 0) is 36.8 Å². The molecule has 3 rings (SSSR count). The van der Waals surface area contributed by atoms with E-state index in [1.807, 2.05) is 13.0 Å². The molecule has 0 saturated carbocycles. The molecular formula is C20H21ClN4O3. The van der Waals surface area contributed by atoms with Gasteiger partial charge in [0.05, 0.1) is 6.42 Å². The number of hydrogen-bond acceptors (Lipinski definition) is 3. The summed E-state index contributed by atoms with van der Waals surface area (Å²) in [5, 5.41) is 8.73. The first kappa shape index (κ1) is 19.7. The lowest BCUT2D eigenvalue weighted by Crippen LogP contribution is -2.59. The molecule has 1 aliphatic rings. The fraction of sp³-hybridized carbons (Fsp3) is 0.250. The molecule has 28 heavy (non-hydrogen) atoms. The van der Waals surface area contributed by atoms with Crippen LogP contribution in [0.25, 0.3) is 0 Å². The van der Waals surface area contributed by atoms with Gasteiger partial charge < -0.3 is 20.9 Å². The number of para-hydroxylation sites is 1. The fourth-order valence-electron chi connectivity index (χ4n) is 2.94. The molecule has 0 aliphatic carbocycles. The first-order valence-corrected chi connectivity index (χ1v) is 9.28. The Morgan fingerprint density at radius 1 is 1.14 bits per heavy atom. The third-order valence-electron chi connectivity index (χ3n) is 4.45. The van der Waals surface area contributed by atoms with Gasteiger partial charge in [0.25, 0.3) is 0 Å². The Bertz CT molecular complexity index is 888. The summed E-state index contributed by atoms with van der Waals surface area (Å²) in [5.41, 5.74) is 2.06. The predicted molar refractivity (Wildman–Crippen MR) is 108 cm³/mol. The van der Waals surface area contributed by atoms with E-state index in [9.17, 15) is 14.4 Å². The second-order valence-electron chi connectivity index (χ2n) is 6.51. The highest BCUT2D eigenvalue weighted by Gasteiger charge is 2.34. The molecule has 7 nitrogen and oxygen atoms in total. The van der Waals surface area contributed by atoms with Crippen molar-refractivity contribution in [2.24, 2.45) is 0 Å². The topological polar surface area (TPSA) is 90.5 Å². The zero-order valence-corrected chi connectivity index (χ0v) is 16.1. The van der Waals surface area contributed by atoms with Crippen LogP contribution in [0.4, 0.5) is 16.2 Å². The zero-order valence-electron chi connectivity index (χ0n) is 15.4. The van der Waals surface area contributed by atoms with Gasteiger partial charge in [0, 0.05) is 29.5 Å². The molecule has 1 aliphatic heterocycles. The molecular weight excluding hydrogens is 380 g/mol. The number of amides is 4. The molecule has 1 saturated heterocycles. The van der Waals surface area contributed by atoms with Gasteiger partial charge in [0.15, 0.2) is 0 Å². The van der Waals surface area contributed by atoms with E-state index in [4.69, 9.17) is 11.6 Å². The average molecular weight is 401 g/mol. The lowest BCUT2D eigenvalue weighted by molar-refractivity contribution is -0.130. The Hall–Kier alpha value is -3.06. The van der Waals surface area contributed by atoms with Gasteiger partial charge in [0.1, 0.15) is 6.04 Å². The molecule has 8 heteroatoms. The molecule has 1 unspecified atom stereocenters. The number of hydrogen-bond donors (Lipinski definition) is 3. The maximum atomic E-state index is 12.6. The first-order chi connectivity index (χ1) is 13.4. The fourth-order valence-corrected chi connectivity index (χ4v) is 3.12. The van der Waals surface area contributed by atoms with Crippen molar-refractivity contribution in [2.45, 2.75) is 19.4 Å². The Labute approximate surface area is 168 Å².